The standard InChI is InChI=1S/C9H11F3N2O/c10-9(11,12)6-3-5(7(14)4-13)1-2-8(6)15/h1-3,7,15H,4,13-14H2/t7-/m1/s1. The third-order valence-electron chi connectivity index (χ3n) is 2.01. The van der Waals surface area contributed by atoms with Crippen LogP contribution < -0.4 is 11.5 Å². The minimum Gasteiger partial charge on any atom is -0.507 e. The van der Waals surface area contributed by atoms with Crippen molar-refractivity contribution in [1.29, 1.82) is 0 Å². The van der Waals surface area contributed by atoms with Crippen LogP contribution in [0.5, 0.6) is 5.75 Å². The van der Waals surface area contributed by atoms with Gasteiger partial charge in [-0.2, -0.15) is 13.2 Å². The molecular formula is C9H11F3N2O. The summed E-state index contributed by atoms with van der Waals surface area (Å²) in [4.78, 5) is 0. The molecule has 0 fully saturated rings. The summed E-state index contributed by atoms with van der Waals surface area (Å²) in [6.45, 7) is 0.0437. The third kappa shape index (κ3) is 2.60. The van der Waals surface area contributed by atoms with Gasteiger partial charge in [-0.3, -0.25) is 0 Å². The lowest BCUT2D eigenvalue weighted by atomic mass is 10.0. The molecule has 0 aliphatic carbocycles. The van der Waals surface area contributed by atoms with E-state index in [1.54, 1.807) is 0 Å². The minimum absolute atomic E-state index is 0.0437. The van der Waals surface area contributed by atoms with Crippen LogP contribution in [0.3, 0.4) is 0 Å². The monoisotopic (exact) mass is 220 g/mol. The molecule has 15 heavy (non-hydrogen) atoms. The van der Waals surface area contributed by atoms with Crippen molar-refractivity contribution in [3.63, 3.8) is 0 Å². The second kappa shape index (κ2) is 4.08. The second-order valence-electron chi connectivity index (χ2n) is 3.12. The number of phenols is 1. The average Bonchev–Trinajstić information content (AvgIpc) is 2.15. The molecule has 6 heteroatoms. The van der Waals surface area contributed by atoms with Crippen molar-refractivity contribution >= 4 is 0 Å². The van der Waals surface area contributed by atoms with E-state index < -0.39 is 23.5 Å². The Hall–Kier alpha value is -1.27. The minimum atomic E-state index is -4.59. The van der Waals surface area contributed by atoms with Gasteiger partial charge in [0.05, 0.1) is 5.56 Å². The Morgan fingerprint density at radius 2 is 1.93 bits per heavy atom. The van der Waals surface area contributed by atoms with E-state index in [4.69, 9.17) is 16.6 Å². The highest BCUT2D eigenvalue weighted by atomic mass is 19.4. The van der Waals surface area contributed by atoms with Gasteiger partial charge in [-0.1, -0.05) is 6.07 Å². The number of alkyl halides is 3. The molecule has 0 radical (unpaired) electrons. The molecule has 0 saturated carbocycles. The maximum absolute atomic E-state index is 12.4. The SMILES string of the molecule is NC[C@@H](N)c1ccc(O)c(C(F)(F)F)c1. The van der Waals surface area contributed by atoms with E-state index in [2.05, 4.69) is 0 Å². The van der Waals surface area contributed by atoms with Crippen LogP contribution in [0.15, 0.2) is 18.2 Å². The first-order valence-electron chi connectivity index (χ1n) is 4.22. The van der Waals surface area contributed by atoms with Crippen LogP contribution in [0.25, 0.3) is 0 Å². The van der Waals surface area contributed by atoms with Crippen LogP contribution in [0.2, 0.25) is 0 Å². The van der Waals surface area contributed by atoms with E-state index in [0.717, 1.165) is 12.1 Å². The van der Waals surface area contributed by atoms with E-state index >= 15 is 0 Å². The first-order chi connectivity index (χ1) is 6.86. The molecule has 5 N–H and O–H groups in total. The number of rotatable bonds is 2. The summed E-state index contributed by atoms with van der Waals surface area (Å²) in [5, 5.41) is 9.03. The van der Waals surface area contributed by atoms with Gasteiger partial charge in [0, 0.05) is 12.6 Å². The van der Waals surface area contributed by atoms with Crippen molar-refractivity contribution in [2.24, 2.45) is 11.5 Å². The number of hydrogen-bond acceptors (Lipinski definition) is 3. The third-order valence-corrected chi connectivity index (χ3v) is 2.01. The van der Waals surface area contributed by atoms with Gasteiger partial charge >= 0.3 is 6.18 Å². The maximum Gasteiger partial charge on any atom is 0.419 e. The molecule has 0 aliphatic heterocycles. The predicted molar refractivity (Wildman–Crippen MR) is 49.1 cm³/mol. The zero-order valence-corrected chi connectivity index (χ0v) is 7.75. The van der Waals surface area contributed by atoms with Gasteiger partial charge in [-0.05, 0) is 17.7 Å². The smallest absolute Gasteiger partial charge is 0.419 e. The van der Waals surface area contributed by atoms with Crippen molar-refractivity contribution in [1.82, 2.24) is 0 Å². The molecule has 1 rings (SSSR count). The summed E-state index contributed by atoms with van der Waals surface area (Å²) in [7, 11) is 0. The molecule has 1 aromatic carbocycles. The molecule has 0 heterocycles. The van der Waals surface area contributed by atoms with E-state index in [1.165, 1.54) is 6.07 Å². The normalized spacial score (nSPS) is 13.9. The molecule has 0 bridgehead atoms. The first kappa shape index (κ1) is 11.8. The Balaban J connectivity index is 3.17. The first-order valence-corrected chi connectivity index (χ1v) is 4.22. The molecule has 0 aliphatic rings. The van der Waals surface area contributed by atoms with Crippen LogP contribution >= 0.6 is 0 Å². The Labute approximate surface area is 84.5 Å². The van der Waals surface area contributed by atoms with Crippen molar-refractivity contribution in [2.45, 2.75) is 12.2 Å². The summed E-state index contributed by atoms with van der Waals surface area (Å²) < 4.78 is 37.1. The summed E-state index contributed by atoms with van der Waals surface area (Å²) in [5.41, 5.74) is 9.87. The van der Waals surface area contributed by atoms with Crippen LogP contribution in [-0.2, 0) is 6.18 Å². The molecule has 3 nitrogen and oxygen atoms in total. The van der Waals surface area contributed by atoms with Gasteiger partial charge < -0.3 is 16.6 Å². The lowest BCUT2D eigenvalue weighted by Crippen LogP contribution is -2.21. The molecule has 0 saturated heterocycles. The Morgan fingerprint density at radius 3 is 2.40 bits per heavy atom. The van der Waals surface area contributed by atoms with Crippen LogP contribution in [0.1, 0.15) is 17.2 Å². The van der Waals surface area contributed by atoms with E-state index in [-0.39, 0.29) is 12.1 Å². The number of phenolic OH excluding ortho intramolecular Hbond substituents is 1. The zero-order chi connectivity index (χ0) is 11.6. The van der Waals surface area contributed by atoms with Crippen molar-refractivity contribution in [3.8, 4) is 5.75 Å². The number of nitrogens with two attached hydrogens (primary N) is 2. The molecule has 84 valence electrons. The highest BCUT2D eigenvalue weighted by Gasteiger charge is 2.34. The fourth-order valence-corrected chi connectivity index (χ4v) is 1.15. The second-order valence-corrected chi connectivity index (χ2v) is 3.12. The highest BCUT2D eigenvalue weighted by molar-refractivity contribution is 5.39. The number of benzene rings is 1. The van der Waals surface area contributed by atoms with Gasteiger partial charge in [0.25, 0.3) is 0 Å². The summed E-state index contributed by atoms with van der Waals surface area (Å²) in [6, 6.07) is 2.44. The van der Waals surface area contributed by atoms with E-state index in [9.17, 15) is 13.2 Å². The lowest BCUT2D eigenvalue weighted by Gasteiger charge is -2.13. The van der Waals surface area contributed by atoms with Gasteiger partial charge in [0.2, 0.25) is 0 Å². The van der Waals surface area contributed by atoms with Gasteiger partial charge in [0.15, 0.2) is 0 Å². The predicted octanol–water partition coefficient (Wildman–Crippen LogP) is 1.37. The largest absolute Gasteiger partial charge is 0.507 e. The van der Waals surface area contributed by atoms with Gasteiger partial charge in [-0.15, -0.1) is 0 Å². The summed E-state index contributed by atoms with van der Waals surface area (Å²) >= 11 is 0. The summed E-state index contributed by atoms with van der Waals surface area (Å²) in [6.07, 6.45) is -4.59. The topological polar surface area (TPSA) is 72.3 Å². The van der Waals surface area contributed by atoms with Crippen LogP contribution in [0, 0.1) is 0 Å². The Morgan fingerprint density at radius 1 is 1.33 bits per heavy atom. The average molecular weight is 220 g/mol. The number of halogens is 3. The number of aromatic hydroxyl groups is 1. The van der Waals surface area contributed by atoms with Crippen LogP contribution in [0.4, 0.5) is 13.2 Å². The number of hydrogen-bond donors (Lipinski definition) is 3. The molecule has 0 aromatic heterocycles. The fourth-order valence-electron chi connectivity index (χ4n) is 1.15. The molecule has 0 unspecified atom stereocenters. The van der Waals surface area contributed by atoms with E-state index in [0.29, 0.717) is 0 Å². The van der Waals surface area contributed by atoms with E-state index in [1.807, 2.05) is 0 Å². The maximum atomic E-state index is 12.4. The van der Waals surface area contributed by atoms with Crippen molar-refractivity contribution in [2.75, 3.05) is 6.54 Å². The molecule has 1 atom stereocenters. The zero-order valence-electron chi connectivity index (χ0n) is 7.75. The van der Waals surface area contributed by atoms with Crippen molar-refractivity contribution in [3.05, 3.63) is 29.3 Å². The quantitative estimate of drug-likeness (QED) is 0.704. The van der Waals surface area contributed by atoms with Crippen LogP contribution in [-0.4, -0.2) is 11.7 Å². The molecule has 0 amide bonds. The van der Waals surface area contributed by atoms with Gasteiger partial charge in [-0.25, -0.2) is 0 Å². The molecule has 0 spiro atoms. The highest BCUT2D eigenvalue weighted by Crippen LogP contribution is 2.36. The summed E-state index contributed by atoms with van der Waals surface area (Å²) in [5.74, 6) is -0.810. The van der Waals surface area contributed by atoms with Crippen molar-refractivity contribution < 1.29 is 18.3 Å². The Kier molecular flexibility index (Phi) is 3.21. The molecular weight excluding hydrogens is 209 g/mol. The fraction of sp³-hybridized carbons (Fsp3) is 0.333. The lowest BCUT2D eigenvalue weighted by molar-refractivity contribution is -0.138. The van der Waals surface area contributed by atoms with Gasteiger partial charge in [0.1, 0.15) is 5.75 Å². The molecule has 1 aromatic rings. The Bertz CT molecular complexity index is 352.